The van der Waals surface area contributed by atoms with Crippen LogP contribution in [0.1, 0.15) is 12.8 Å². The molecule has 0 unspecified atom stereocenters. The van der Waals surface area contributed by atoms with Crippen LogP contribution in [0.25, 0.3) is 0 Å². The van der Waals surface area contributed by atoms with Crippen molar-refractivity contribution in [2.75, 3.05) is 36.9 Å². The molecule has 0 spiro atoms. The SMILES string of the molecule is Nc1cnccc1N1CCC(S(=O)(=O)C2COC2)CC1. The lowest BCUT2D eigenvalue weighted by atomic mass is 10.1. The predicted octanol–water partition coefficient (Wildman–Crippen LogP) is 0.446. The van der Waals surface area contributed by atoms with Crippen LogP contribution < -0.4 is 10.6 Å². The zero-order valence-electron chi connectivity index (χ0n) is 11.2. The van der Waals surface area contributed by atoms with Gasteiger partial charge < -0.3 is 15.4 Å². The van der Waals surface area contributed by atoms with Crippen LogP contribution >= 0.6 is 0 Å². The van der Waals surface area contributed by atoms with Gasteiger partial charge in [-0.15, -0.1) is 0 Å². The molecule has 7 heteroatoms. The third-order valence-corrected chi connectivity index (χ3v) is 6.75. The maximum Gasteiger partial charge on any atom is 0.160 e. The number of nitrogen functional groups attached to an aromatic ring is 1. The minimum absolute atomic E-state index is 0.240. The number of piperidine rings is 1. The number of anilines is 2. The van der Waals surface area contributed by atoms with E-state index in [4.69, 9.17) is 10.5 Å². The monoisotopic (exact) mass is 297 g/mol. The predicted molar refractivity (Wildman–Crippen MR) is 77.4 cm³/mol. The fourth-order valence-corrected chi connectivity index (χ4v) is 4.77. The van der Waals surface area contributed by atoms with Crippen molar-refractivity contribution in [2.24, 2.45) is 0 Å². The standard InChI is InChI=1S/C13H19N3O3S/c14-12-7-15-4-1-13(12)16-5-2-10(3-6-16)20(17,18)11-8-19-9-11/h1,4,7,10-11H,2-3,5-6,8-9,14H2. The highest BCUT2D eigenvalue weighted by molar-refractivity contribution is 7.92. The summed E-state index contributed by atoms with van der Waals surface area (Å²) in [6.45, 7) is 2.15. The summed E-state index contributed by atoms with van der Waals surface area (Å²) >= 11 is 0. The van der Waals surface area contributed by atoms with Gasteiger partial charge in [0, 0.05) is 19.3 Å². The summed E-state index contributed by atoms with van der Waals surface area (Å²) < 4.78 is 29.7. The Morgan fingerprint density at radius 2 is 1.95 bits per heavy atom. The number of sulfone groups is 1. The number of ether oxygens (including phenoxy) is 1. The van der Waals surface area contributed by atoms with Crippen molar-refractivity contribution in [1.29, 1.82) is 0 Å². The Bertz CT molecular complexity index is 578. The average molecular weight is 297 g/mol. The first-order valence-corrected chi connectivity index (χ1v) is 8.45. The van der Waals surface area contributed by atoms with Crippen molar-refractivity contribution in [1.82, 2.24) is 4.98 Å². The van der Waals surface area contributed by atoms with E-state index in [2.05, 4.69) is 9.88 Å². The number of hydrogen-bond donors (Lipinski definition) is 1. The summed E-state index contributed by atoms with van der Waals surface area (Å²) in [5.41, 5.74) is 7.50. The first-order valence-electron chi connectivity index (χ1n) is 6.84. The summed E-state index contributed by atoms with van der Waals surface area (Å²) in [4.78, 5) is 6.11. The number of nitrogens with zero attached hydrogens (tertiary/aromatic N) is 2. The largest absolute Gasteiger partial charge is 0.396 e. The molecule has 2 fully saturated rings. The molecule has 1 aromatic heterocycles. The normalized spacial score (nSPS) is 21.7. The average Bonchev–Trinajstić information content (AvgIpc) is 2.37. The minimum atomic E-state index is -3.04. The second kappa shape index (κ2) is 5.21. The van der Waals surface area contributed by atoms with Gasteiger partial charge in [0.1, 0.15) is 5.25 Å². The molecule has 110 valence electrons. The van der Waals surface area contributed by atoms with E-state index >= 15 is 0 Å². The Balaban J connectivity index is 1.67. The van der Waals surface area contributed by atoms with Gasteiger partial charge in [0.15, 0.2) is 9.84 Å². The van der Waals surface area contributed by atoms with Crippen LogP contribution in [0.3, 0.4) is 0 Å². The van der Waals surface area contributed by atoms with Crippen molar-refractivity contribution >= 4 is 21.2 Å². The highest BCUT2D eigenvalue weighted by Gasteiger charge is 2.40. The van der Waals surface area contributed by atoms with Crippen LogP contribution in [-0.2, 0) is 14.6 Å². The summed E-state index contributed by atoms with van der Waals surface area (Å²) in [6, 6.07) is 1.88. The zero-order valence-corrected chi connectivity index (χ0v) is 12.1. The molecule has 0 radical (unpaired) electrons. The number of rotatable bonds is 3. The van der Waals surface area contributed by atoms with Crippen molar-refractivity contribution in [2.45, 2.75) is 23.3 Å². The van der Waals surface area contributed by atoms with Crippen LogP contribution in [0.15, 0.2) is 18.5 Å². The first kappa shape index (κ1) is 13.6. The number of hydrogen-bond acceptors (Lipinski definition) is 6. The van der Waals surface area contributed by atoms with Gasteiger partial charge >= 0.3 is 0 Å². The van der Waals surface area contributed by atoms with Gasteiger partial charge in [0.2, 0.25) is 0 Å². The van der Waals surface area contributed by atoms with Gasteiger partial charge in [-0.25, -0.2) is 8.42 Å². The molecule has 0 saturated carbocycles. The molecule has 1 aromatic rings. The molecule has 3 heterocycles. The fraction of sp³-hybridized carbons (Fsp3) is 0.615. The first-order chi connectivity index (χ1) is 9.59. The second-order valence-corrected chi connectivity index (χ2v) is 7.88. The van der Waals surface area contributed by atoms with Gasteiger partial charge in [-0.1, -0.05) is 0 Å². The smallest absolute Gasteiger partial charge is 0.160 e. The lowest BCUT2D eigenvalue weighted by molar-refractivity contribution is 0.0411. The van der Waals surface area contributed by atoms with E-state index in [9.17, 15) is 8.42 Å². The third-order valence-electron chi connectivity index (χ3n) is 4.15. The van der Waals surface area contributed by atoms with Crippen molar-refractivity contribution < 1.29 is 13.2 Å². The highest BCUT2D eigenvalue weighted by atomic mass is 32.2. The zero-order chi connectivity index (χ0) is 14.2. The second-order valence-electron chi connectivity index (χ2n) is 5.37. The van der Waals surface area contributed by atoms with Crippen molar-refractivity contribution in [3.63, 3.8) is 0 Å². The van der Waals surface area contributed by atoms with Gasteiger partial charge in [-0.2, -0.15) is 0 Å². The summed E-state index contributed by atoms with van der Waals surface area (Å²) in [6.07, 6.45) is 4.64. The van der Waals surface area contributed by atoms with Crippen LogP contribution in [0.5, 0.6) is 0 Å². The molecule has 20 heavy (non-hydrogen) atoms. The molecule has 0 atom stereocenters. The number of nitrogens with two attached hydrogens (primary N) is 1. The van der Waals surface area contributed by atoms with E-state index < -0.39 is 9.84 Å². The Kier molecular flexibility index (Phi) is 3.55. The highest BCUT2D eigenvalue weighted by Crippen LogP contribution is 2.29. The van der Waals surface area contributed by atoms with Crippen LogP contribution in [0.2, 0.25) is 0 Å². The molecule has 2 N–H and O–H groups in total. The molecule has 0 aromatic carbocycles. The van der Waals surface area contributed by atoms with Crippen LogP contribution in [0, 0.1) is 0 Å². The fourth-order valence-electron chi connectivity index (χ4n) is 2.79. The molecule has 2 saturated heterocycles. The van der Waals surface area contributed by atoms with Gasteiger partial charge in [-0.05, 0) is 18.9 Å². The Morgan fingerprint density at radius 3 is 2.50 bits per heavy atom. The van der Waals surface area contributed by atoms with Crippen molar-refractivity contribution in [3.05, 3.63) is 18.5 Å². The summed E-state index contributed by atoms with van der Waals surface area (Å²) in [7, 11) is -3.04. The van der Waals surface area contributed by atoms with Crippen LogP contribution in [-0.4, -0.2) is 50.2 Å². The molecular weight excluding hydrogens is 278 g/mol. The molecule has 2 aliphatic rings. The molecule has 2 aliphatic heterocycles. The van der Waals surface area contributed by atoms with E-state index in [0.717, 1.165) is 5.69 Å². The van der Waals surface area contributed by atoms with Crippen molar-refractivity contribution in [3.8, 4) is 0 Å². The van der Waals surface area contributed by atoms with E-state index in [1.807, 2.05) is 6.07 Å². The van der Waals surface area contributed by atoms with E-state index in [-0.39, 0.29) is 10.5 Å². The Hall–Kier alpha value is -1.34. The Labute approximate surface area is 118 Å². The molecule has 3 rings (SSSR count). The van der Waals surface area contributed by atoms with E-state index in [1.165, 1.54) is 0 Å². The summed E-state index contributed by atoms with van der Waals surface area (Å²) in [5.74, 6) is 0. The molecular formula is C13H19N3O3S. The Morgan fingerprint density at radius 1 is 1.25 bits per heavy atom. The molecule has 6 nitrogen and oxygen atoms in total. The minimum Gasteiger partial charge on any atom is -0.396 e. The maximum absolute atomic E-state index is 12.3. The topological polar surface area (TPSA) is 85.5 Å². The molecule has 0 amide bonds. The summed E-state index contributed by atoms with van der Waals surface area (Å²) in [5, 5.41) is -0.527. The van der Waals surface area contributed by atoms with Gasteiger partial charge in [-0.3, -0.25) is 4.98 Å². The molecule has 0 bridgehead atoms. The van der Waals surface area contributed by atoms with E-state index in [0.29, 0.717) is 44.8 Å². The van der Waals surface area contributed by atoms with Gasteiger partial charge in [0.05, 0.1) is 36.0 Å². The number of aromatic nitrogens is 1. The quantitative estimate of drug-likeness (QED) is 0.871. The van der Waals surface area contributed by atoms with Crippen LogP contribution in [0.4, 0.5) is 11.4 Å². The lowest BCUT2D eigenvalue weighted by Gasteiger charge is -2.36. The maximum atomic E-state index is 12.3. The lowest BCUT2D eigenvalue weighted by Crippen LogP contribution is -2.49. The number of pyridine rings is 1. The van der Waals surface area contributed by atoms with Gasteiger partial charge in [0.25, 0.3) is 0 Å². The third kappa shape index (κ3) is 2.35. The van der Waals surface area contributed by atoms with E-state index in [1.54, 1.807) is 12.4 Å². The molecule has 0 aliphatic carbocycles.